The summed E-state index contributed by atoms with van der Waals surface area (Å²) < 4.78 is 6.98. The molecule has 0 aliphatic carbocycles. The lowest BCUT2D eigenvalue weighted by atomic mass is 9.95. The highest BCUT2D eigenvalue weighted by atomic mass is 35.5. The van der Waals surface area contributed by atoms with Crippen molar-refractivity contribution < 1.29 is 14.3 Å². The molecule has 2 aromatic rings. The van der Waals surface area contributed by atoms with Gasteiger partial charge in [0.1, 0.15) is 10.6 Å². The third kappa shape index (κ3) is 2.80. The van der Waals surface area contributed by atoms with Crippen molar-refractivity contribution in [1.82, 2.24) is 24.8 Å². The Bertz CT molecular complexity index is 867. The van der Waals surface area contributed by atoms with Gasteiger partial charge in [0.2, 0.25) is 0 Å². The molecule has 2 amide bonds. The number of amides is 2. The first-order valence-corrected chi connectivity index (χ1v) is 8.62. The number of likely N-dealkylation sites (tertiary alicyclic amines) is 1. The van der Waals surface area contributed by atoms with Gasteiger partial charge in [-0.25, -0.2) is 14.3 Å². The zero-order valence-corrected chi connectivity index (χ0v) is 14.5. The third-order valence-electron chi connectivity index (χ3n) is 4.80. The van der Waals surface area contributed by atoms with Gasteiger partial charge in [-0.3, -0.25) is 4.79 Å². The number of aromatic nitrogens is 3. The van der Waals surface area contributed by atoms with Crippen molar-refractivity contribution in [1.29, 1.82) is 0 Å². The Morgan fingerprint density at radius 3 is 3.00 bits per heavy atom. The van der Waals surface area contributed by atoms with E-state index in [1.807, 2.05) is 6.92 Å². The molecule has 2 aliphatic heterocycles. The predicted molar refractivity (Wildman–Crippen MR) is 89.7 cm³/mol. The van der Waals surface area contributed by atoms with Crippen LogP contribution in [0.3, 0.4) is 0 Å². The molecule has 25 heavy (non-hydrogen) atoms. The SMILES string of the molecule is Cc1cnc2c(Cl)c(C(=O)N3CCCC4(CC3)CNC(=O)O4)nn2c1. The summed E-state index contributed by atoms with van der Waals surface area (Å²) in [7, 11) is 0. The van der Waals surface area contributed by atoms with E-state index in [1.165, 1.54) is 4.52 Å². The largest absolute Gasteiger partial charge is 0.441 e. The molecule has 0 radical (unpaired) electrons. The maximum atomic E-state index is 12.9. The summed E-state index contributed by atoms with van der Waals surface area (Å²) >= 11 is 6.33. The van der Waals surface area contributed by atoms with Crippen molar-refractivity contribution in [3.8, 4) is 0 Å². The Hall–Kier alpha value is -2.35. The number of aryl methyl sites for hydroxylation is 1. The van der Waals surface area contributed by atoms with E-state index in [0.717, 1.165) is 18.4 Å². The highest BCUT2D eigenvalue weighted by Crippen LogP contribution is 2.30. The minimum absolute atomic E-state index is 0.206. The molecule has 2 aliphatic rings. The summed E-state index contributed by atoms with van der Waals surface area (Å²) in [5.41, 5.74) is 1.10. The summed E-state index contributed by atoms with van der Waals surface area (Å²) in [6.45, 7) is 3.46. The monoisotopic (exact) mass is 363 g/mol. The first-order valence-electron chi connectivity index (χ1n) is 8.24. The van der Waals surface area contributed by atoms with E-state index in [0.29, 0.717) is 31.7 Å². The number of carbonyl (C=O) groups excluding carboxylic acids is 2. The van der Waals surface area contributed by atoms with Crippen molar-refractivity contribution in [2.24, 2.45) is 0 Å². The fourth-order valence-corrected chi connectivity index (χ4v) is 3.69. The number of nitrogens with one attached hydrogen (secondary N) is 1. The van der Waals surface area contributed by atoms with Crippen LogP contribution >= 0.6 is 11.6 Å². The number of alkyl carbamates (subject to hydrolysis) is 1. The molecule has 9 heteroatoms. The van der Waals surface area contributed by atoms with Gasteiger partial charge in [-0.15, -0.1) is 0 Å². The molecule has 1 unspecified atom stereocenters. The molecule has 4 rings (SSSR count). The third-order valence-corrected chi connectivity index (χ3v) is 5.15. The number of hydrogen-bond donors (Lipinski definition) is 1. The second-order valence-corrected chi connectivity index (χ2v) is 7.01. The maximum absolute atomic E-state index is 12.9. The Kier molecular flexibility index (Phi) is 3.79. The summed E-state index contributed by atoms with van der Waals surface area (Å²) in [5.74, 6) is -0.220. The van der Waals surface area contributed by atoms with Gasteiger partial charge in [0, 0.05) is 31.9 Å². The molecule has 2 aromatic heterocycles. The molecule has 1 spiro atoms. The van der Waals surface area contributed by atoms with Crippen molar-refractivity contribution in [2.45, 2.75) is 31.8 Å². The quantitative estimate of drug-likeness (QED) is 0.834. The van der Waals surface area contributed by atoms with E-state index >= 15 is 0 Å². The number of carbonyl (C=O) groups is 2. The van der Waals surface area contributed by atoms with Gasteiger partial charge >= 0.3 is 6.09 Å². The zero-order valence-electron chi connectivity index (χ0n) is 13.8. The van der Waals surface area contributed by atoms with Gasteiger partial charge in [-0.1, -0.05) is 11.6 Å². The minimum atomic E-state index is -0.506. The Balaban J connectivity index is 1.57. The number of nitrogens with zero attached hydrogens (tertiary/aromatic N) is 4. The lowest BCUT2D eigenvalue weighted by molar-refractivity contribution is 0.0438. The van der Waals surface area contributed by atoms with Gasteiger partial charge < -0.3 is 15.0 Å². The average Bonchev–Trinajstić information content (AvgIpc) is 3.02. The maximum Gasteiger partial charge on any atom is 0.407 e. The number of fused-ring (bicyclic) bond motifs is 1. The van der Waals surface area contributed by atoms with Crippen LogP contribution in [0.5, 0.6) is 0 Å². The zero-order chi connectivity index (χ0) is 17.6. The van der Waals surface area contributed by atoms with Gasteiger partial charge in [0.25, 0.3) is 5.91 Å². The van der Waals surface area contributed by atoms with E-state index < -0.39 is 5.60 Å². The molecule has 0 bridgehead atoms. The van der Waals surface area contributed by atoms with Crippen molar-refractivity contribution in [2.75, 3.05) is 19.6 Å². The first-order chi connectivity index (χ1) is 12.0. The highest BCUT2D eigenvalue weighted by molar-refractivity contribution is 6.36. The van der Waals surface area contributed by atoms with Gasteiger partial charge in [0.05, 0.1) is 6.54 Å². The second kappa shape index (κ2) is 5.87. The fourth-order valence-electron chi connectivity index (χ4n) is 3.44. The van der Waals surface area contributed by atoms with Crippen LogP contribution in [0.4, 0.5) is 4.79 Å². The van der Waals surface area contributed by atoms with Crippen LogP contribution in [-0.4, -0.2) is 56.7 Å². The van der Waals surface area contributed by atoms with Crippen molar-refractivity contribution in [3.05, 3.63) is 28.7 Å². The molecule has 2 fully saturated rings. The van der Waals surface area contributed by atoms with E-state index in [1.54, 1.807) is 17.3 Å². The van der Waals surface area contributed by atoms with Crippen LogP contribution in [0.1, 0.15) is 35.3 Å². The standard InChI is InChI=1S/C16H18ClN5O3/c1-10-7-18-13-11(17)12(20-22(13)8-10)14(23)21-5-2-3-16(4-6-21)9-19-15(24)25-16/h7-8H,2-6,9H2,1H3,(H,19,24). The van der Waals surface area contributed by atoms with Crippen LogP contribution in [0.15, 0.2) is 12.4 Å². The van der Waals surface area contributed by atoms with E-state index in [2.05, 4.69) is 15.4 Å². The number of hydrogen-bond acceptors (Lipinski definition) is 5. The Morgan fingerprint density at radius 1 is 1.40 bits per heavy atom. The smallest absolute Gasteiger partial charge is 0.407 e. The lowest BCUT2D eigenvalue weighted by Crippen LogP contribution is -2.36. The molecular weight excluding hydrogens is 346 g/mol. The van der Waals surface area contributed by atoms with Crippen LogP contribution in [0.2, 0.25) is 5.02 Å². The van der Waals surface area contributed by atoms with Gasteiger partial charge in [-0.2, -0.15) is 5.10 Å². The molecule has 1 atom stereocenters. The Morgan fingerprint density at radius 2 is 2.24 bits per heavy atom. The molecular formula is C16H18ClN5O3. The van der Waals surface area contributed by atoms with Gasteiger partial charge in [0.15, 0.2) is 11.3 Å². The van der Waals surface area contributed by atoms with Gasteiger partial charge in [-0.05, 0) is 25.3 Å². The summed E-state index contributed by atoms with van der Waals surface area (Å²) in [4.78, 5) is 30.3. The second-order valence-electron chi connectivity index (χ2n) is 6.63. The van der Waals surface area contributed by atoms with Crippen molar-refractivity contribution in [3.63, 3.8) is 0 Å². The normalized spacial score (nSPS) is 23.6. The molecule has 0 aromatic carbocycles. The minimum Gasteiger partial charge on any atom is -0.441 e. The number of halogens is 1. The average molecular weight is 364 g/mol. The molecule has 1 N–H and O–H groups in total. The van der Waals surface area contributed by atoms with Crippen molar-refractivity contribution >= 4 is 29.2 Å². The van der Waals surface area contributed by atoms with Crippen LogP contribution in [0.25, 0.3) is 5.65 Å². The van der Waals surface area contributed by atoms with Crippen LogP contribution in [-0.2, 0) is 4.74 Å². The number of ether oxygens (including phenoxy) is 1. The summed E-state index contributed by atoms with van der Waals surface area (Å²) in [6, 6.07) is 0. The molecule has 8 nitrogen and oxygen atoms in total. The summed E-state index contributed by atoms with van der Waals surface area (Å²) in [5, 5.41) is 7.28. The molecule has 132 valence electrons. The molecule has 0 saturated carbocycles. The molecule has 2 saturated heterocycles. The highest BCUT2D eigenvalue weighted by Gasteiger charge is 2.42. The van der Waals surface area contributed by atoms with Crippen LogP contribution < -0.4 is 5.32 Å². The van der Waals surface area contributed by atoms with E-state index in [-0.39, 0.29) is 22.7 Å². The lowest BCUT2D eigenvalue weighted by Gasteiger charge is -2.24. The number of rotatable bonds is 1. The predicted octanol–water partition coefficient (Wildman–Crippen LogP) is 1.80. The first kappa shape index (κ1) is 16.1. The van der Waals surface area contributed by atoms with Crippen LogP contribution in [0, 0.1) is 6.92 Å². The fraction of sp³-hybridized carbons (Fsp3) is 0.500. The summed E-state index contributed by atoms with van der Waals surface area (Å²) in [6.07, 6.45) is 5.17. The van der Waals surface area contributed by atoms with E-state index in [9.17, 15) is 9.59 Å². The molecule has 4 heterocycles. The topological polar surface area (TPSA) is 88.8 Å². The Labute approximate surface area is 149 Å². The van der Waals surface area contributed by atoms with E-state index in [4.69, 9.17) is 16.3 Å².